The number of benzene rings is 2. The summed E-state index contributed by atoms with van der Waals surface area (Å²) in [6, 6.07) is 14.8. The second-order valence-corrected chi connectivity index (χ2v) is 10.3. The molecule has 0 radical (unpaired) electrons. The number of hydrogen-bond donors (Lipinski definition) is 1. The summed E-state index contributed by atoms with van der Waals surface area (Å²) in [6.45, 7) is 5.81. The van der Waals surface area contributed by atoms with Gasteiger partial charge in [0.15, 0.2) is 0 Å². The lowest BCUT2D eigenvalue weighted by atomic mass is 9.64. The maximum absolute atomic E-state index is 13.1. The van der Waals surface area contributed by atoms with Gasteiger partial charge in [0.2, 0.25) is 0 Å². The van der Waals surface area contributed by atoms with Gasteiger partial charge in [-0.05, 0) is 66.0 Å². The molecule has 3 nitrogen and oxygen atoms in total. The van der Waals surface area contributed by atoms with Crippen LogP contribution in [0.2, 0.25) is 0 Å². The fourth-order valence-electron chi connectivity index (χ4n) is 4.42. The summed E-state index contributed by atoms with van der Waals surface area (Å²) in [7, 11) is 0. The smallest absolute Gasteiger partial charge is 0.322 e. The SMILES string of the molecule is CCSc1ccc(CNC(=O)N2CC(C)(C3CCC3)c3cc(Br)ccc32)cc1. The van der Waals surface area contributed by atoms with Crippen molar-refractivity contribution in [3.63, 3.8) is 0 Å². The number of amides is 2. The maximum atomic E-state index is 13.1. The van der Waals surface area contributed by atoms with E-state index in [9.17, 15) is 4.79 Å². The summed E-state index contributed by atoms with van der Waals surface area (Å²) in [5, 5.41) is 3.13. The largest absolute Gasteiger partial charge is 0.334 e. The molecule has 1 unspecified atom stereocenters. The van der Waals surface area contributed by atoms with E-state index in [1.54, 1.807) is 0 Å². The van der Waals surface area contributed by atoms with E-state index >= 15 is 0 Å². The molecular formula is C23H27BrN2OS. The Labute approximate surface area is 180 Å². The summed E-state index contributed by atoms with van der Waals surface area (Å²) in [6.07, 6.45) is 3.84. The summed E-state index contributed by atoms with van der Waals surface area (Å²) < 4.78 is 1.09. The fourth-order valence-corrected chi connectivity index (χ4v) is 5.44. The van der Waals surface area contributed by atoms with Gasteiger partial charge in [-0.2, -0.15) is 0 Å². The second kappa shape index (κ2) is 8.11. The molecule has 0 aromatic heterocycles. The standard InChI is InChI=1S/C23H27BrN2OS/c1-3-28-19-10-7-16(8-11-19)14-25-22(27)26-15-23(2,17-5-4-6-17)20-13-18(24)9-12-21(20)26/h7-13,17H,3-6,14-15H2,1-2H3,(H,25,27). The minimum atomic E-state index is -0.00127. The topological polar surface area (TPSA) is 32.3 Å². The normalized spacial score (nSPS) is 21.3. The van der Waals surface area contributed by atoms with Gasteiger partial charge in [-0.15, -0.1) is 11.8 Å². The van der Waals surface area contributed by atoms with Gasteiger partial charge in [0.05, 0.1) is 0 Å². The Morgan fingerprint density at radius 2 is 2.00 bits per heavy atom. The number of rotatable bonds is 5. The molecule has 0 bridgehead atoms. The first-order valence-electron chi connectivity index (χ1n) is 10.1. The predicted octanol–water partition coefficient (Wildman–Crippen LogP) is 6.35. The van der Waals surface area contributed by atoms with Gasteiger partial charge in [0.1, 0.15) is 0 Å². The zero-order valence-electron chi connectivity index (χ0n) is 16.5. The van der Waals surface area contributed by atoms with Crippen LogP contribution >= 0.6 is 27.7 Å². The van der Waals surface area contributed by atoms with E-state index in [0.29, 0.717) is 12.5 Å². The Hall–Kier alpha value is -1.46. The van der Waals surface area contributed by atoms with Gasteiger partial charge < -0.3 is 5.32 Å². The fraction of sp³-hybridized carbons (Fsp3) is 0.435. The molecule has 1 atom stereocenters. The van der Waals surface area contributed by atoms with Crippen LogP contribution in [0.1, 0.15) is 44.2 Å². The number of thioether (sulfide) groups is 1. The Bertz CT molecular complexity index is 865. The molecule has 2 aromatic rings. The molecule has 2 aromatic carbocycles. The Morgan fingerprint density at radius 3 is 2.64 bits per heavy atom. The molecule has 0 saturated heterocycles. The zero-order valence-corrected chi connectivity index (χ0v) is 18.9. The molecule has 28 heavy (non-hydrogen) atoms. The molecule has 1 aliphatic carbocycles. The number of fused-ring (bicyclic) bond motifs is 1. The van der Waals surface area contributed by atoms with Crippen LogP contribution < -0.4 is 10.2 Å². The van der Waals surface area contributed by atoms with Crippen LogP contribution in [0.3, 0.4) is 0 Å². The second-order valence-electron chi connectivity index (χ2n) is 8.03. The third-order valence-corrected chi connectivity index (χ3v) is 7.67. The van der Waals surface area contributed by atoms with Crippen molar-refractivity contribution < 1.29 is 4.79 Å². The number of nitrogens with one attached hydrogen (secondary N) is 1. The van der Waals surface area contributed by atoms with Crippen LogP contribution in [0.25, 0.3) is 0 Å². The highest BCUT2D eigenvalue weighted by atomic mass is 79.9. The first-order chi connectivity index (χ1) is 13.5. The number of carbonyl (C=O) groups is 1. The zero-order chi connectivity index (χ0) is 19.7. The van der Waals surface area contributed by atoms with Gasteiger partial charge in [0.25, 0.3) is 0 Å². The van der Waals surface area contributed by atoms with Crippen molar-refractivity contribution in [2.75, 3.05) is 17.2 Å². The van der Waals surface area contributed by atoms with Crippen molar-refractivity contribution in [1.29, 1.82) is 0 Å². The van der Waals surface area contributed by atoms with E-state index in [1.165, 1.54) is 29.7 Å². The number of halogens is 1. The first-order valence-corrected chi connectivity index (χ1v) is 11.9. The van der Waals surface area contributed by atoms with Crippen molar-refractivity contribution >= 4 is 39.4 Å². The number of urea groups is 1. The highest BCUT2D eigenvalue weighted by Crippen LogP contribution is 2.52. The molecule has 1 saturated carbocycles. The minimum absolute atomic E-state index is 0.00127. The van der Waals surface area contributed by atoms with E-state index in [2.05, 4.69) is 71.5 Å². The summed E-state index contributed by atoms with van der Waals surface area (Å²) in [5.41, 5.74) is 3.55. The number of carbonyl (C=O) groups excluding carboxylic acids is 1. The van der Waals surface area contributed by atoms with Gasteiger partial charge in [-0.3, -0.25) is 4.90 Å². The third-order valence-electron chi connectivity index (χ3n) is 6.28. The van der Waals surface area contributed by atoms with Crippen LogP contribution in [0.15, 0.2) is 51.8 Å². The molecule has 1 fully saturated rings. The molecule has 0 spiro atoms. The van der Waals surface area contributed by atoms with E-state index in [-0.39, 0.29) is 11.4 Å². The van der Waals surface area contributed by atoms with Gasteiger partial charge in [-0.25, -0.2) is 4.79 Å². The lowest BCUT2D eigenvalue weighted by Crippen LogP contribution is -2.45. The number of hydrogen-bond acceptors (Lipinski definition) is 2. The van der Waals surface area contributed by atoms with Gasteiger partial charge in [-0.1, -0.05) is 48.3 Å². The van der Waals surface area contributed by atoms with Crippen LogP contribution in [-0.4, -0.2) is 18.3 Å². The number of anilines is 1. The highest BCUT2D eigenvalue weighted by molar-refractivity contribution is 9.10. The average molecular weight is 459 g/mol. The van der Waals surface area contributed by atoms with Crippen LogP contribution in [0.5, 0.6) is 0 Å². The quantitative estimate of drug-likeness (QED) is 0.529. The molecule has 2 aliphatic rings. The molecule has 1 aliphatic heterocycles. The molecule has 4 rings (SSSR count). The third kappa shape index (κ3) is 3.71. The lowest BCUT2D eigenvalue weighted by Gasteiger charge is -2.41. The van der Waals surface area contributed by atoms with Crippen molar-refractivity contribution in [3.8, 4) is 0 Å². The van der Waals surface area contributed by atoms with Crippen molar-refractivity contribution in [2.24, 2.45) is 5.92 Å². The van der Waals surface area contributed by atoms with Crippen LogP contribution in [0.4, 0.5) is 10.5 Å². The molecule has 148 valence electrons. The van der Waals surface area contributed by atoms with E-state index in [4.69, 9.17) is 0 Å². The van der Waals surface area contributed by atoms with Crippen molar-refractivity contribution in [3.05, 3.63) is 58.1 Å². The average Bonchev–Trinajstić information content (AvgIpc) is 2.92. The van der Waals surface area contributed by atoms with E-state index in [0.717, 1.165) is 28.0 Å². The Morgan fingerprint density at radius 1 is 1.25 bits per heavy atom. The summed E-state index contributed by atoms with van der Waals surface area (Å²) in [5.74, 6) is 1.74. The minimum Gasteiger partial charge on any atom is -0.334 e. The van der Waals surface area contributed by atoms with Gasteiger partial charge >= 0.3 is 6.03 Å². The van der Waals surface area contributed by atoms with E-state index in [1.807, 2.05) is 22.7 Å². The molecule has 2 amide bonds. The predicted molar refractivity (Wildman–Crippen MR) is 121 cm³/mol. The van der Waals surface area contributed by atoms with E-state index < -0.39 is 0 Å². The summed E-state index contributed by atoms with van der Waals surface area (Å²) >= 11 is 5.45. The van der Waals surface area contributed by atoms with Crippen molar-refractivity contribution in [1.82, 2.24) is 5.32 Å². The van der Waals surface area contributed by atoms with Gasteiger partial charge in [0, 0.05) is 33.6 Å². The lowest BCUT2D eigenvalue weighted by molar-refractivity contribution is 0.188. The number of nitrogens with zero attached hydrogens (tertiary/aromatic N) is 1. The Balaban J connectivity index is 1.48. The monoisotopic (exact) mass is 458 g/mol. The molecule has 5 heteroatoms. The highest BCUT2D eigenvalue weighted by Gasteiger charge is 2.48. The first kappa shape index (κ1) is 19.8. The molecule has 1 heterocycles. The van der Waals surface area contributed by atoms with Crippen LogP contribution in [0, 0.1) is 5.92 Å². The maximum Gasteiger partial charge on any atom is 0.322 e. The summed E-state index contributed by atoms with van der Waals surface area (Å²) in [4.78, 5) is 16.3. The van der Waals surface area contributed by atoms with Crippen LogP contribution in [-0.2, 0) is 12.0 Å². The van der Waals surface area contributed by atoms with Crippen molar-refractivity contribution in [2.45, 2.75) is 50.0 Å². The molecular weight excluding hydrogens is 432 g/mol. The Kier molecular flexibility index (Phi) is 5.75. The molecule has 1 N–H and O–H groups in total.